The fourth-order valence-corrected chi connectivity index (χ4v) is 3.69. The number of aromatic nitrogens is 2. The van der Waals surface area contributed by atoms with Crippen molar-refractivity contribution < 1.29 is 0 Å². The number of nitrogens with zero attached hydrogens (tertiary/aromatic N) is 2. The number of nitrogen functional groups attached to an aromatic ring is 2. The molecule has 4 aromatic rings. The van der Waals surface area contributed by atoms with E-state index >= 15 is 0 Å². The molecule has 2 aromatic heterocycles. The smallest absolute Gasteiger partial charge is 0.131 e. The summed E-state index contributed by atoms with van der Waals surface area (Å²) in [6.07, 6.45) is 1.76. The van der Waals surface area contributed by atoms with Crippen molar-refractivity contribution in [3.8, 4) is 11.3 Å². The Morgan fingerprint density at radius 3 is 2.38 bits per heavy atom. The summed E-state index contributed by atoms with van der Waals surface area (Å²) in [6, 6.07) is 14.5. The maximum atomic E-state index is 6.27. The van der Waals surface area contributed by atoms with Gasteiger partial charge in [0.05, 0.1) is 5.69 Å². The molecule has 0 radical (unpaired) electrons. The number of hydrogen-bond donors (Lipinski definition) is 2. The molecule has 0 saturated carbocycles. The summed E-state index contributed by atoms with van der Waals surface area (Å²) in [7, 11) is 0. The van der Waals surface area contributed by atoms with Crippen molar-refractivity contribution in [2.75, 3.05) is 11.5 Å². The first-order chi connectivity index (χ1) is 12.5. The number of aryl methyl sites for hydroxylation is 1. The molecular formula is C22H22N4. The number of anilines is 2. The van der Waals surface area contributed by atoms with Gasteiger partial charge in [0.1, 0.15) is 11.6 Å². The number of rotatable bonds is 2. The van der Waals surface area contributed by atoms with Crippen molar-refractivity contribution in [2.24, 2.45) is 0 Å². The van der Waals surface area contributed by atoms with Gasteiger partial charge >= 0.3 is 0 Å². The Hall–Kier alpha value is -3.14. The van der Waals surface area contributed by atoms with Gasteiger partial charge in [-0.05, 0) is 47.4 Å². The van der Waals surface area contributed by atoms with Crippen LogP contribution in [-0.4, -0.2) is 9.97 Å². The standard InChI is InChI=1S/C22H22N4/c1-12(2)20-16-8-9-25-21(23)17(16)6-7-18(20)19-11-14-10-13(3)4-5-15(14)22(24)26-19/h4-12H,1-3H3,(H2,23,25)(H2,24,26). The first-order valence-electron chi connectivity index (χ1n) is 8.80. The van der Waals surface area contributed by atoms with Crippen molar-refractivity contribution in [1.82, 2.24) is 9.97 Å². The molecule has 0 aliphatic heterocycles. The largest absolute Gasteiger partial charge is 0.383 e. The van der Waals surface area contributed by atoms with E-state index in [0.29, 0.717) is 17.6 Å². The molecule has 4 N–H and O–H groups in total. The van der Waals surface area contributed by atoms with Crippen LogP contribution in [0.25, 0.3) is 32.8 Å². The molecule has 0 amide bonds. The van der Waals surface area contributed by atoms with Crippen LogP contribution in [0.4, 0.5) is 11.6 Å². The van der Waals surface area contributed by atoms with E-state index < -0.39 is 0 Å². The molecule has 0 unspecified atom stereocenters. The summed E-state index contributed by atoms with van der Waals surface area (Å²) >= 11 is 0. The third-order valence-corrected chi connectivity index (χ3v) is 4.89. The molecule has 2 heterocycles. The van der Waals surface area contributed by atoms with E-state index in [9.17, 15) is 0 Å². The van der Waals surface area contributed by atoms with Gasteiger partial charge in [-0.1, -0.05) is 43.7 Å². The minimum Gasteiger partial charge on any atom is -0.383 e. The third kappa shape index (κ3) is 2.54. The number of pyridine rings is 2. The molecule has 0 spiro atoms. The lowest BCUT2D eigenvalue weighted by Gasteiger charge is -2.17. The number of hydrogen-bond acceptors (Lipinski definition) is 4. The van der Waals surface area contributed by atoms with Crippen LogP contribution in [0, 0.1) is 6.92 Å². The highest BCUT2D eigenvalue weighted by Gasteiger charge is 2.16. The van der Waals surface area contributed by atoms with Gasteiger partial charge < -0.3 is 11.5 Å². The van der Waals surface area contributed by atoms with Gasteiger partial charge in [-0.2, -0.15) is 0 Å². The fraction of sp³-hybridized carbons (Fsp3) is 0.182. The van der Waals surface area contributed by atoms with E-state index in [1.54, 1.807) is 6.20 Å². The van der Waals surface area contributed by atoms with Crippen molar-refractivity contribution in [3.05, 3.63) is 59.8 Å². The number of benzene rings is 2. The van der Waals surface area contributed by atoms with Crippen molar-refractivity contribution >= 4 is 33.2 Å². The van der Waals surface area contributed by atoms with Gasteiger partial charge in [0.15, 0.2) is 0 Å². The van der Waals surface area contributed by atoms with Crippen LogP contribution in [-0.2, 0) is 0 Å². The molecule has 0 fully saturated rings. The molecule has 4 heteroatoms. The lowest BCUT2D eigenvalue weighted by Crippen LogP contribution is -2.01. The van der Waals surface area contributed by atoms with Crippen LogP contribution < -0.4 is 11.5 Å². The second kappa shape index (κ2) is 5.99. The van der Waals surface area contributed by atoms with Gasteiger partial charge in [0.2, 0.25) is 0 Å². The monoisotopic (exact) mass is 342 g/mol. The second-order valence-electron chi connectivity index (χ2n) is 7.09. The average Bonchev–Trinajstić information content (AvgIpc) is 2.60. The summed E-state index contributed by atoms with van der Waals surface area (Å²) in [5, 5.41) is 4.19. The van der Waals surface area contributed by atoms with Crippen LogP contribution in [0.5, 0.6) is 0 Å². The van der Waals surface area contributed by atoms with Gasteiger partial charge in [0.25, 0.3) is 0 Å². The van der Waals surface area contributed by atoms with Crippen LogP contribution >= 0.6 is 0 Å². The molecule has 4 rings (SSSR count). The van der Waals surface area contributed by atoms with E-state index in [-0.39, 0.29) is 0 Å². The molecule has 0 bridgehead atoms. The molecule has 0 aliphatic rings. The molecule has 0 aliphatic carbocycles. The Bertz CT molecular complexity index is 1150. The molecule has 26 heavy (non-hydrogen) atoms. The summed E-state index contributed by atoms with van der Waals surface area (Å²) in [5.41, 5.74) is 16.8. The zero-order valence-corrected chi connectivity index (χ0v) is 15.2. The Labute approximate surface area is 152 Å². The van der Waals surface area contributed by atoms with Crippen LogP contribution in [0.2, 0.25) is 0 Å². The van der Waals surface area contributed by atoms with E-state index in [4.69, 9.17) is 16.5 Å². The normalized spacial score (nSPS) is 11.5. The highest BCUT2D eigenvalue weighted by atomic mass is 14.8. The topological polar surface area (TPSA) is 77.8 Å². The van der Waals surface area contributed by atoms with E-state index in [2.05, 4.69) is 50.0 Å². The van der Waals surface area contributed by atoms with E-state index in [0.717, 1.165) is 32.8 Å². The zero-order chi connectivity index (χ0) is 18.4. The Morgan fingerprint density at radius 2 is 1.62 bits per heavy atom. The molecule has 0 saturated heterocycles. The Morgan fingerprint density at radius 1 is 0.846 bits per heavy atom. The quantitative estimate of drug-likeness (QED) is 0.534. The summed E-state index contributed by atoms with van der Waals surface area (Å²) in [5.74, 6) is 1.42. The fourth-order valence-electron chi connectivity index (χ4n) is 3.69. The number of nitrogens with two attached hydrogens (primary N) is 2. The molecule has 0 atom stereocenters. The summed E-state index contributed by atoms with van der Waals surface area (Å²) < 4.78 is 0. The molecule has 130 valence electrons. The number of fused-ring (bicyclic) bond motifs is 2. The van der Waals surface area contributed by atoms with Gasteiger partial charge in [-0.3, -0.25) is 0 Å². The lowest BCUT2D eigenvalue weighted by molar-refractivity contribution is 0.877. The predicted molar refractivity (Wildman–Crippen MR) is 110 cm³/mol. The summed E-state index contributed by atoms with van der Waals surface area (Å²) in [4.78, 5) is 8.92. The molecular weight excluding hydrogens is 320 g/mol. The minimum absolute atomic E-state index is 0.312. The maximum Gasteiger partial charge on any atom is 0.131 e. The lowest BCUT2D eigenvalue weighted by atomic mass is 9.89. The highest BCUT2D eigenvalue weighted by Crippen LogP contribution is 2.37. The maximum absolute atomic E-state index is 6.27. The molecule has 4 nitrogen and oxygen atoms in total. The Kier molecular flexibility index (Phi) is 3.76. The second-order valence-corrected chi connectivity index (χ2v) is 7.09. The first-order valence-corrected chi connectivity index (χ1v) is 8.80. The van der Waals surface area contributed by atoms with Crippen LogP contribution in [0.3, 0.4) is 0 Å². The predicted octanol–water partition coefficient (Wildman–Crippen LogP) is 5.05. The van der Waals surface area contributed by atoms with Crippen molar-refractivity contribution in [1.29, 1.82) is 0 Å². The van der Waals surface area contributed by atoms with E-state index in [1.165, 1.54) is 11.1 Å². The van der Waals surface area contributed by atoms with Crippen molar-refractivity contribution in [2.45, 2.75) is 26.7 Å². The average molecular weight is 342 g/mol. The highest BCUT2D eigenvalue weighted by molar-refractivity contribution is 5.99. The summed E-state index contributed by atoms with van der Waals surface area (Å²) in [6.45, 7) is 6.45. The van der Waals surface area contributed by atoms with E-state index in [1.807, 2.05) is 18.2 Å². The first kappa shape index (κ1) is 16.3. The van der Waals surface area contributed by atoms with Gasteiger partial charge in [-0.25, -0.2) is 9.97 Å². The zero-order valence-electron chi connectivity index (χ0n) is 15.2. The SMILES string of the molecule is Cc1ccc2c(N)nc(-c3ccc4c(N)nccc4c3C(C)C)cc2c1. The van der Waals surface area contributed by atoms with Gasteiger partial charge in [0, 0.05) is 22.5 Å². The molecule has 2 aromatic carbocycles. The van der Waals surface area contributed by atoms with Crippen LogP contribution in [0.1, 0.15) is 30.9 Å². The van der Waals surface area contributed by atoms with Crippen molar-refractivity contribution in [3.63, 3.8) is 0 Å². The van der Waals surface area contributed by atoms with Gasteiger partial charge in [-0.15, -0.1) is 0 Å². The Balaban J connectivity index is 2.05. The third-order valence-electron chi connectivity index (χ3n) is 4.89. The minimum atomic E-state index is 0.312. The van der Waals surface area contributed by atoms with Crippen LogP contribution in [0.15, 0.2) is 48.7 Å².